The molecule has 1 heterocycles. The molecule has 18 heavy (non-hydrogen) atoms. The van der Waals surface area contributed by atoms with E-state index in [9.17, 15) is 4.79 Å². The largest absolute Gasteiger partial charge is 0.352 e. The first-order valence-electron chi connectivity index (χ1n) is 5.89. The predicted octanol–water partition coefficient (Wildman–Crippen LogP) is 2.23. The fourth-order valence-corrected chi connectivity index (χ4v) is 2.09. The first-order valence-corrected chi connectivity index (χ1v) is 6.27. The maximum atomic E-state index is 11.9. The van der Waals surface area contributed by atoms with E-state index in [1.165, 1.54) is 0 Å². The van der Waals surface area contributed by atoms with Crippen molar-refractivity contribution in [3.63, 3.8) is 0 Å². The summed E-state index contributed by atoms with van der Waals surface area (Å²) < 4.78 is 0. The first kappa shape index (κ1) is 15.3. The minimum atomic E-state index is 0. The quantitative estimate of drug-likeness (QED) is 0.892. The van der Waals surface area contributed by atoms with Crippen molar-refractivity contribution in [1.82, 2.24) is 10.6 Å². The van der Waals surface area contributed by atoms with E-state index in [2.05, 4.69) is 10.6 Å². The van der Waals surface area contributed by atoms with Gasteiger partial charge in [-0.2, -0.15) is 0 Å². The van der Waals surface area contributed by atoms with Crippen molar-refractivity contribution < 1.29 is 4.79 Å². The molecule has 0 radical (unpaired) electrons. The molecule has 5 heteroatoms. The van der Waals surface area contributed by atoms with Crippen LogP contribution in [-0.4, -0.2) is 19.0 Å². The number of hydrogen-bond acceptors (Lipinski definition) is 2. The zero-order valence-corrected chi connectivity index (χ0v) is 11.9. The van der Waals surface area contributed by atoms with Crippen molar-refractivity contribution in [3.05, 3.63) is 34.9 Å². The molecule has 1 fully saturated rings. The number of carbonyl (C=O) groups excluding carboxylic acids is 1. The van der Waals surface area contributed by atoms with E-state index in [-0.39, 0.29) is 24.2 Å². The second-order valence-electron chi connectivity index (χ2n) is 4.55. The third-order valence-electron chi connectivity index (χ3n) is 3.29. The maximum absolute atomic E-state index is 11.9. The van der Waals surface area contributed by atoms with Crippen LogP contribution in [0, 0.1) is 11.8 Å². The van der Waals surface area contributed by atoms with Gasteiger partial charge in [-0.1, -0.05) is 30.7 Å². The zero-order valence-electron chi connectivity index (χ0n) is 10.3. The van der Waals surface area contributed by atoms with Crippen LogP contribution in [0.3, 0.4) is 0 Å². The van der Waals surface area contributed by atoms with Gasteiger partial charge in [0.05, 0.1) is 0 Å². The lowest BCUT2D eigenvalue weighted by atomic mass is 9.88. The molecule has 1 aliphatic heterocycles. The van der Waals surface area contributed by atoms with E-state index in [0.717, 1.165) is 18.7 Å². The number of amides is 1. The Balaban J connectivity index is 0.00000162. The minimum Gasteiger partial charge on any atom is -0.352 e. The van der Waals surface area contributed by atoms with Crippen LogP contribution in [0.5, 0.6) is 0 Å². The normalized spacial score (nSPS) is 16.3. The summed E-state index contributed by atoms with van der Waals surface area (Å²) >= 11 is 5.88. The van der Waals surface area contributed by atoms with Gasteiger partial charge in [-0.15, -0.1) is 12.4 Å². The molecular weight excluding hydrogens is 271 g/mol. The third-order valence-corrected chi connectivity index (χ3v) is 3.52. The highest BCUT2D eigenvalue weighted by molar-refractivity contribution is 6.30. The molecule has 1 saturated heterocycles. The van der Waals surface area contributed by atoms with Crippen LogP contribution in [-0.2, 0) is 11.3 Å². The molecule has 2 rings (SSSR count). The first-order chi connectivity index (χ1) is 8.16. The average molecular weight is 289 g/mol. The standard InChI is InChI=1S/C13H17ClN2O.ClH/c1-9(11-7-15-8-11)13(17)16-6-10-3-2-4-12(14)5-10;/h2-5,9,11,15H,6-8H2,1H3,(H,16,17);1H. The molecule has 3 nitrogen and oxygen atoms in total. The average Bonchev–Trinajstić information content (AvgIpc) is 2.23. The zero-order chi connectivity index (χ0) is 12.3. The van der Waals surface area contributed by atoms with Gasteiger partial charge in [-0.05, 0) is 36.7 Å². The molecule has 0 spiro atoms. The van der Waals surface area contributed by atoms with Gasteiger partial charge < -0.3 is 10.6 Å². The van der Waals surface area contributed by atoms with Gasteiger partial charge in [0.2, 0.25) is 5.91 Å². The molecule has 1 unspecified atom stereocenters. The Bertz CT molecular complexity index is 408. The molecule has 0 aromatic heterocycles. The van der Waals surface area contributed by atoms with Crippen LogP contribution in [0.1, 0.15) is 12.5 Å². The summed E-state index contributed by atoms with van der Waals surface area (Å²) in [5.41, 5.74) is 1.03. The molecule has 0 aliphatic carbocycles. The molecule has 1 aromatic rings. The van der Waals surface area contributed by atoms with Gasteiger partial charge >= 0.3 is 0 Å². The molecule has 1 atom stereocenters. The van der Waals surface area contributed by atoms with Crippen LogP contribution >= 0.6 is 24.0 Å². The van der Waals surface area contributed by atoms with Gasteiger partial charge in [0.25, 0.3) is 0 Å². The smallest absolute Gasteiger partial charge is 0.223 e. The van der Waals surface area contributed by atoms with Gasteiger partial charge in [-0.3, -0.25) is 4.79 Å². The number of halogens is 2. The van der Waals surface area contributed by atoms with Gasteiger partial charge in [0, 0.05) is 17.5 Å². The molecule has 1 aliphatic rings. The Morgan fingerprint density at radius 1 is 1.56 bits per heavy atom. The van der Waals surface area contributed by atoms with E-state index in [0.29, 0.717) is 17.5 Å². The molecule has 0 bridgehead atoms. The Labute approximate surface area is 119 Å². The van der Waals surface area contributed by atoms with E-state index in [1.807, 2.05) is 31.2 Å². The Morgan fingerprint density at radius 3 is 2.83 bits per heavy atom. The van der Waals surface area contributed by atoms with Gasteiger partial charge in [0.1, 0.15) is 0 Å². The summed E-state index contributed by atoms with van der Waals surface area (Å²) in [5, 5.41) is 6.83. The van der Waals surface area contributed by atoms with Gasteiger partial charge in [-0.25, -0.2) is 0 Å². The molecule has 100 valence electrons. The highest BCUT2D eigenvalue weighted by Crippen LogP contribution is 2.16. The highest BCUT2D eigenvalue weighted by Gasteiger charge is 2.28. The summed E-state index contributed by atoms with van der Waals surface area (Å²) in [4.78, 5) is 11.9. The van der Waals surface area contributed by atoms with Crippen molar-refractivity contribution in [2.75, 3.05) is 13.1 Å². The fraction of sp³-hybridized carbons (Fsp3) is 0.462. The van der Waals surface area contributed by atoms with Crippen molar-refractivity contribution in [2.24, 2.45) is 11.8 Å². The highest BCUT2D eigenvalue weighted by atomic mass is 35.5. The topological polar surface area (TPSA) is 41.1 Å². The summed E-state index contributed by atoms with van der Waals surface area (Å²) in [6, 6.07) is 7.55. The minimum absolute atomic E-state index is 0. The van der Waals surface area contributed by atoms with Crippen LogP contribution in [0.2, 0.25) is 5.02 Å². The fourth-order valence-electron chi connectivity index (χ4n) is 1.88. The van der Waals surface area contributed by atoms with Gasteiger partial charge in [0.15, 0.2) is 0 Å². The van der Waals surface area contributed by atoms with Crippen molar-refractivity contribution >= 4 is 29.9 Å². The third kappa shape index (κ3) is 3.87. The SMILES string of the molecule is CC(C(=O)NCc1cccc(Cl)c1)C1CNC1.Cl. The van der Waals surface area contributed by atoms with E-state index >= 15 is 0 Å². The molecule has 2 N–H and O–H groups in total. The Morgan fingerprint density at radius 2 is 2.28 bits per heavy atom. The van der Waals surface area contributed by atoms with Crippen LogP contribution in [0.4, 0.5) is 0 Å². The number of rotatable bonds is 4. The maximum Gasteiger partial charge on any atom is 0.223 e. The molecule has 1 amide bonds. The summed E-state index contributed by atoms with van der Waals surface area (Å²) in [7, 11) is 0. The summed E-state index contributed by atoms with van der Waals surface area (Å²) in [5.74, 6) is 0.682. The van der Waals surface area contributed by atoms with Crippen molar-refractivity contribution in [3.8, 4) is 0 Å². The van der Waals surface area contributed by atoms with Crippen molar-refractivity contribution in [1.29, 1.82) is 0 Å². The second-order valence-corrected chi connectivity index (χ2v) is 4.99. The Hall–Kier alpha value is -0.770. The summed E-state index contributed by atoms with van der Waals surface area (Å²) in [6.45, 7) is 4.43. The predicted molar refractivity (Wildman–Crippen MR) is 76.1 cm³/mol. The lowest BCUT2D eigenvalue weighted by Gasteiger charge is -2.31. The van der Waals surface area contributed by atoms with E-state index < -0.39 is 0 Å². The number of hydrogen-bond donors (Lipinski definition) is 2. The summed E-state index contributed by atoms with van der Waals surface area (Å²) in [6.07, 6.45) is 0. The number of benzene rings is 1. The molecule has 0 saturated carbocycles. The molecule has 1 aromatic carbocycles. The Kier molecular flexibility index (Phi) is 5.93. The second kappa shape index (κ2) is 6.98. The molecular formula is C13H18Cl2N2O. The lowest BCUT2D eigenvalue weighted by Crippen LogP contribution is -2.49. The lowest BCUT2D eigenvalue weighted by molar-refractivity contribution is -0.126. The van der Waals surface area contributed by atoms with Crippen LogP contribution in [0.25, 0.3) is 0 Å². The number of carbonyl (C=O) groups is 1. The van der Waals surface area contributed by atoms with Crippen LogP contribution in [0.15, 0.2) is 24.3 Å². The van der Waals surface area contributed by atoms with Crippen LogP contribution < -0.4 is 10.6 Å². The van der Waals surface area contributed by atoms with Crippen molar-refractivity contribution in [2.45, 2.75) is 13.5 Å². The van der Waals surface area contributed by atoms with E-state index in [4.69, 9.17) is 11.6 Å². The number of nitrogens with one attached hydrogen (secondary N) is 2. The monoisotopic (exact) mass is 288 g/mol. The van der Waals surface area contributed by atoms with E-state index in [1.54, 1.807) is 0 Å².